The Kier molecular flexibility index (Phi) is 6.91. The highest BCUT2D eigenvalue weighted by atomic mass is 16.5. The van der Waals surface area contributed by atoms with Crippen molar-refractivity contribution in [2.75, 3.05) is 38.1 Å². The number of likely N-dealkylation sites (N-methyl/N-ethyl adjacent to an activating group) is 1. The van der Waals surface area contributed by atoms with Crippen LogP contribution in [0.1, 0.15) is 12.6 Å². The van der Waals surface area contributed by atoms with Crippen molar-refractivity contribution in [2.45, 2.75) is 13.8 Å². The molecule has 9 heteroatoms. The first-order chi connectivity index (χ1) is 15.8. The number of allylic oxidation sites excluding steroid dienone is 2. The molecule has 0 saturated carbocycles. The van der Waals surface area contributed by atoms with E-state index in [0.717, 1.165) is 40.0 Å². The second kappa shape index (κ2) is 9.64. The zero-order chi connectivity index (χ0) is 24.3. The molecule has 1 amide bonds. The molecule has 0 saturated heterocycles. The summed E-state index contributed by atoms with van der Waals surface area (Å²) in [6, 6.07) is 3.91. The number of aromatic nitrogens is 3. The van der Waals surface area contributed by atoms with Crippen LogP contribution in [0.3, 0.4) is 0 Å². The first-order valence-corrected chi connectivity index (χ1v) is 10.3. The molecule has 0 unspecified atom stereocenters. The van der Waals surface area contributed by atoms with Crippen LogP contribution in [-0.2, 0) is 16.6 Å². The Morgan fingerprint density at radius 2 is 1.94 bits per heavy atom. The van der Waals surface area contributed by atoms with Crippen molar-refractivity contribution in [1.82, 2.24) is 14.8 Å². The Labute approximate surface area is 193 Å². The van der Waals surface area contributed by atoms with Crippen molar-refractivity contribution < 1.29 is 14.3 Å². The molecule has 0 bridgehead atoms. The summed E-state index contributed by atoms with van der Waals surface area (Å²) in [5.41, 5.74) is 11.3. The van der Waals surface area contributed by atoms with Crippen LogP contribution < -0.4 is 20.3 Å². The van der Waals surface area contributed by atoms with E-state index in [2.05, 4.69) is 10.1 Å². The number of rotatable bonds is 8. The number of carbonyl (C=O) groups is 1. The molecule has 9 nitrogen and oxygen atoms in total. The lowest BCUT2D eigenvalue weighted by Crippen LogP contribution is -2.23. The lowest BCUT2D eigenvalue weighted by atomic mass is 10.0. The number of anilines is 2. The standard InChI is InChI=1S/C24H30N6O3/c1-15-19(13-29(4)27-15)17-10-18-20(11-23(17)33-7)26-12-22(28(3)14-31)24(18)30(5)21(8-9-25)16(2)32-6/h8-14H,25H2,1-7H3/b9-8-,21-16-. The minimum Gasteiger partial charge on any atom is -0.499 e. The summed E-state index contributed by atoms with van der Waals surface area (Å²) >= 11 is 0. The van der Waals surface area contributed by atoms with Gasteiger partial charge in [-0.1, -0.05) is 0 Å². The molecular weight excluding hydrogens is 420 g/mol. The highest BCUT2D eigenvalue weighted by Gasteiger charge is 2.22. The molecule has 3 aromatic rings. The van der Waals surface area contributed by atoms with E-state index in [1.807, 2.05) is 51.2 Å². The van der Waals surface area contributed by atoms with Gasteiger partial charge in [0.2, 0.25) is 6.41 Å². The molecule has 0 aliphatic carbocycles. The number of nitrogens with two attached hydrogens (primary N) is 1. The number of nitrogens with zero attached hydrogens (tertiary/aromatic N) is 5. The fourth-order valence-corrected chi connectivity index (χ4v) is 3.89. The summed E-state index contributed by atoms with van der Waals surface area (Å²) in [6.45, 7) is 3.81. The van der Waals surface area contributed by atoms with Gasteiger partial charge < -0.3 is 25.0 Å². The monoisotopic (exact) mass is 450 g/mol. The Balaban J connectivity index is 2.43. The molecule has 2 N–H and O–H groups in total. The molecule has 2 heterocycles. The molecule has 0 aliphatic rings. The lowest BCUT2D eigenvalue weighted by molar-refractivity contribution is -0.107. The van der Waals surface area contributed by atoms with E-state index in [9.17, 15) is 4.79 Å². The maximum atomic E-state index is 11.7. The predicted octanol–water partition coefficient (Wildman–Crippen LogP) is 3.33. The van der Waals surface area contributed by atoms with Crippen molar-refractivity contribution in [2.24, 2.45) is 12.8 Å². The van der Waals surface area contributed by atoms with Gasteiger partial charge in [-0.3, -0.25) is 14.5 Å². The summed E-state index contributed by atoms with van der Waals surface area (Å²) < 4.78 is 13.0. The molecule has 0 fully saturated rings. The summed E-state index contributed by atoms with van der Waals surface area (Å²) in [5, 5.41) is 5.31. The van der Waals surface area contributed by atoms with Gasteiger partial charge in [0.25, 0.3) is 0 Å². The molecule has 2 aromatic heterocycles. The molecule has 0 aliphatic heterocycles. The molecule has 33 heavy (non-hydrogen) atoms. The number of aryl methyl sites for hydroxylation is 2. The van der Waals surface area contributed by atoms with Gasteiger partial charge in [0, 0.05) is 49.9 Å². The van der Waals surface area contributed by atoms with Gasteiger partial charge in [-0.2, -0.15) is 5.10 Å². The molecule has 1 aromatic carbocycles. The second-order valence-corrected chi connectivity index (χ2v) is 7.64. The van der Waals surface area contributed by atoms with Crippen molar-refractivity contribution in [3.63, 3.8) is 0 Å². The Morgan fingerprint density at radius 3 is 2.48 bits per heavy atom. The lowest BCUT2D eigenvalue weighted by Gasteiger charge is -2.28. The second-order valence-electron chi connectivity index (χ2n) is 7.64. The van der Waals surface area contributed by atoms with Crippen molar-refractivity contribution in [3.05, 3.63) is 54.0 Å². The van der Waals surface area contributed by atoms with Crippen LogP contribution in [-0.4, -0.2) is 49.5 Å². The Morgan fingerprint density at radius 1 is 1.21 bits per heavy atom. The fraction of sp³-hybridized carbons (Fsp3) is 0.292. The van der Waals surface area contributed by atoms with Crippen LogP contribution in [0, 0.1) is 6.92 Å². The van der Waals surface area contributed by atoms with Crippen LogP contribution in [0.25, 0.3) is 22.0 Å². The van der Waals surface area contributed by atoms with Crippen LogP contribution in [0.2, 0.25) is 0 Å². The summed E-state index contributed by atoms with van der Waals surface area (Å²) in [4.78, 5) is 19.8. The van der Waals surface area contributed by atoms with E-state index in [1.165, 1.54) is 11.1 Å². The van der Waals surface area contributed by atoms with Gasteiger partial charge in [-0.15, -0.1) is 0 Å². The molecule has 174 valence electrons. The zero-order valence-corrected chi connectivity index (χ0v) is 20.1. The third kappa shape index (κ3) is 4.34. The van der Waals surface area contributed by atoms with Gasteiger partial charge in [0.15, 0.2) is 0 Å². The number of fused-ring (bicyclic) bond motifs is 1. The van der Waals surface area contributed by atoms with E-state index < -0.39 is 0 Å². The van der Waals surface area contributed by atoms with E-state index >= 15 is 0 Å². The molecule has 0 spiro atoms. The SMILES string of the molecule is CO/C(C)=C(/C=C\N)N(C)c1c(N(C)C=O)cnc2cc(OC)c(-c3cn(C)nc3C)cc12. The maximum Gasteiger partial charge on any atom is 0.213 e. The van der Waals surface area contributed by atoms with Crippen LogP contribution >= 0.6 is 0 Å². The highest BCUT2D eigenvalue weighted by Crippen LogP contribution is 2.42. The fourth-order valence-electron chi connectivity index (χ4n) is 3.89. The number of ether oxygens (including phenoxy) is 2. The zero-order valence-electron chi connectivity index (χ0n) is 20.1. The van der Waals surface area contributed by atoms with Crippen molar-refractivity contribution in [1.29, 1.82) is 0 Å². The smallest absolute Gasteiger partial charge is 0.213 e. The number of carbonyl (C=O) groups excluding carboxylic acids is 1. The van der Waals surface area contributed by atoms with Crippen LogP contribution in [0.15, 0.2) is 48.3 Å². The number of hydrogen-bond donors (Lipinski definition) is 1. The predicted molar refractivity (Wildman–Crippen MR) is 131 cm³/mol. The Hall–Kier alpha value is -4.01. The number of amides is 1. The molecule has 0 radical (unpaired) electrons. The summed E-state index contributed by atoms with van der Waals surface area (Å²) in [6.07, 6.45) is 7.58. The number of hydrogen-bond acceptors (Lipinski definition) is 7. The van der Waals surface area contributed by atoms with Gasteiger partial charge in [-0.25, -0.2) is 0 Å². The summed E-state index contributed by atoms with van der Waals surface area (Å²) in [5.74, 6) is 1.35. The molecule has 0 atom stereocenters. The largest absolute Gasteiger partial charge is 0.499 e. The first kappa shape index (κ1) is 23.6. The summed E-state index contributed by atoms with van der Waals surface area (Å²) in [7, 11) is 8.70. The van der Waals surface area contributed by atoms with Crippen molar-refractivity contribution >= 4 is 28.7 Å². The average Bonchev–Trinajstić information content (AvgIpc) is 3.16. The van der Waals surface area contributed by atoms with Gasteiger partial charge in [-0.05, 0) is 32.2 Å². The third-order valence-electron chi connectivity index (χ3n) is 5.60. The normalized spacial score (nSPS) is 12.1. The minimum absolute atomic E-state index is 0.630. The van der Waals surface area contributed by atoms with Gasteiger partial charge in [0.1, 0.15) is 11.5 Å². The van der Waals surface area contributed by atoms with E-state index in [0.29, 0.717) is 22.7 Å². The van der Waals surface area contributed by atoms with E-state index in [-0.39, 0.29) is 0 Å². The highest BCUT2D eigenvalue weighted by molar-refractivity contribution is 6.04. The Bertz CT molecular complexity index is 1240. The molecule has 3 rings (SSSR count). The van der Waals surface area contributed by atoms with Crippen LogP contribution in [0.4, 0.5) is 11.4 Å². The minimum atomic E-state index is 0.630. The van der Waals surface area contributed by atoms with Gasteiger partial charge in [0.05, 0.1) is 48.7 Å². The average molecular weight is 451 g/mol. The number of methoxy groups -OCH3 is 2. The van der Waals surface area contributed by atoms with Crippen LogP contribution in [0.5, 0.6) is 5.75 Å². The topological polar surface area (TPSA) is 98.7 Å². The molecular formula is C24H30N6O3. The van der Waals surface area contributed by atoms with E-state index in [4.69, 9.17) is 15.2 Å². The van der Waals surface area contributed by atoms with E-state index in [1.54, 1.807) is 38.2 Å². The quantitative estimate of drug-likeness (QED) is 0.319. The van der Waals surface area contributed by atoms with Gasteiger partial charge >= 0.3 is 0 Å². The first-order valence-electron chi connectivity index (χ1n) is 10.3. The maximum absolute atomic E-state index is 11.7. The number of pyridine rings is 1. The number of benzene rings is 1. The third-order valence-corrected chi connectivity index (χ3v) is 5.60. The van der Waals surface area contributed by atoms with Crippen molar-refractivity contribution in [3.8, 4) is 16.9 Å².